The highest BCUT2D eigenvalue weighted by Crippen LogP contribution is 2.33. The van der Waals surface area contributed by atoms with Crippen LogP contribution >= 0.6 is 11.8 Å². The standard InChI is InChI=1S/C30H31N3O4S/c1-30(2,3)37-29(36)32-24(18-20-10-6-5-7-11-20)28(35)31-21-14-16-22(17-15-21)38-26-19-27(34)33(4)25-13-9-8-12-23(25)26/h5-17,19,24H,18H2,1-4H3,(H,31,35)(H,32,36). The van der Waals surface area contributed by atoms with Crippen molar-refractivity contribution < 1.29 is 14.3 Å². The summed E-state index contributed by atoms with van der Waals surface area (Å²) in [5.74, 6) is -0.349. The fourth-order valence-corrected chi connectivity index (χ4v) is 4.90. The van der Waals surface area contributed by atoms with E-state index in [9.17, 15) is 14.4 Å². The lowest BCUT2D eigenvalue weighted by Crippen LogP contribution is -2.47. The van der Waals surface area contributed by atoms with Gasteiger partial charge in [-0.15, -0.1) is 0 Å². The summed E-state index contributed by atoms with van der Waals surface area (Å²) in [4.78, 5) is 39.8. The van der Waals surface area contributed by atoms with E-state index in [0.717, 1.165) is 26.3 Å². The largest absolute Gasteiger partial charge is 0.444 e. The molecule has 1 unspecified atom stereocenters. The van der Waals surface area contributed by atoms with Crippen LogP contribution in [0.25, 0.3) is 10.9 Å². The smallest absolute Gasteiger partial charge is 0.408 e. The van der Waals surface area contributed by atoms with E-state index < -0.39 is 17.7 Å². The van der Waals surface area contributed by atoms with Crippen LogP contribution in [-0.4, -0.2) is 28.2 Å². The van der Waals surface area contributed by atoms with Gasteiger partial charge in [-0.3, -0.25) is 9.59 Å². The summed E-state index contributed by atoms with van der Waals surface area (Å²) in [6.45, 7) is 5.32. The number of alkyl carbamates (subject to hydrolysis) is 1. The molecule has 38 heavy (non-hydrogen) atoms. The van der Waals surface area contributed by atoms with Gasteiger partial charge in [0, 0.05) is 40.4 Å². The number of fused-ring (bicyclic) bond motifs is 1. The van der Waals surface area contributed by atoms with Crippen molar-refractivity contribution in [3.05, 3.63) is 101 Å². The molecule has 2 N–H and O–H groups in total. The number of nitrogens with zero attached hydrogens (tertiary/aromatic N) is 1. The zero-order valence-electron chi connectivity index (χ0n) is 21.9. The number of pyridine rings is 1. The Morgan fingerprint density at radius 1 is 0.947 bits per heavy atom. The first-order chi connectivity index (χ1) is 18.1. The molecular weight excluding hydrogens is 498 g/mol. The topological polar surface area (TPSA) is 89.4 Å². The normalized spacial score (nSPS) is 12.1. The van der Waals surface area contributed by atoms with Gasteiger partial charge in [0.05, 0.1) is 5.52 Å². The highest BCUT2D eigenvalue weighted by molar-refractivity contribution is 7.99. The summed E-state index contributed by atoms with van der Waals surface area (Å²) in [6.07, 6.45) is -0.336. The molecule has 0 bridgehead atoms. The number of para-hydroxylation sites is 1. The molecule has 7 nitrogen and oxygen atoms in total. The lowest BCUT2D eigenvalue weighted by molar-refractivity contribution is -0.118. The average Bonchev–Trinajstić information content (AvgIpc) is 2.87. The van der Waals surface area contributed by atoms with Gasteiger partial charge in [-0.05, 0) is 56.7 Å². The van der Waals surface area contributed by atoms with Gasteiger partial charge >= 0.3 is 6.09 Å². The molecule has 0 aliphatic rings. The maximum atomic E-state index is 13.2. The van der Waals surface area contributed by atoms with Crippen molar-refractivity contribution in [1.29, 1.82) is 0 Å². The first-order valence-electron chi connectivity index (χ1n) is 12.3. The van der Waals surface area contributed by atoms with E-state index in [2.05, 4.69) is 10.6 Å². The highest BCUT2D eigenvalue weighted by atomic mass is 32.2. The lowest BCUT2D eigenvalue weighted by atomic mass is 10.1. The minimum atomic E-state index is -0.826. The van der Waals surface area contributed by atoms with E-state index in [0.29, 0.717) is 12.1 Å². The number of carbonyl (C=O) groups excluding carboxylic acids is 2. The van der Waals surface area contributed by atoms with Crippen LogP contribution in [0.3, 0.4) is 0 Å². The zero-order valence-corrected chi connectivity index (χ0v) is 22.7. The number of hydrogen-bond donors (Lipinski definition) is 2. The first-order valence-corrected chi connectivity index (χ1v) is 13.1. The van der Waals surface area contributed by atoms with Crippen molar-refractivity contribution >= 4 is 40.4 Å². The maximum Gasteiger partial charge on any atom is 0.408 e. The summed E-state index contributed by atoms with van der Waals surface area (Å²) < 4.78 is 7.00. The minimum absolute atomic E-state index is 0.0722. The number of rotatable bonds is 7. The fraction of sp³-hybridized carbons (Fsp3) is 0.233. The molecule has 1 heterocycles. The van der Waals surface area contributed by atoms with Crippen LogP contribution in [0.5, 0.6) is 0 Å². The minimum Gasteiger partial charge on any atom is -0.444 e. The Balaban J connectivity index is 1.48. The number of carbonyl (C=O) groups is 2. The molecule has 4 aromatic rings. The molecule has 0 saturated heterocycles. The molecule has 0 aliphatic carbocycles. The molecule has 8 heteroatoms. The van der Waals surface area contributed by atoms with Crippen molar-refractivity contribution in [2.24, 2.45) is 7.05 Å². The van der Waals surface area contributed by atoms with Gasteiger partial charge in [-0.1, -0.05) is 60.3 Å². The number of anilines is 1. The lowest BCUT2D eigenvalue weighted by Gasteiger charge is -2.23. The third kappa shape index (κ3) is 7.04. The summed E-state index contributed by atoms with van der Waals surface area (Å²) in [5, 5.41) is 6.59. The second-order valence-corrected chi connectivity index (χ2v) is 11.0. The number of aromatic nitrogens is 1. The molecule has 0 saturated carbocycles. The Hall–Kier alpha value is -4.04. The Morgan fingerprint density at radius 2 is 1.61 bits per heavy atom. The zero-order chi connectivity index (χ0) is 27.3. The average molecular weight is 530 g/mol. The van der Waals surface area contributed by atoms with Crippen LogP contribution in [0.4, 0.5) is 10.5 Å². The third-order valence-electron chi connectivity index (χ3n) is 5.76. The quantitative estimate of drug-likeness (QED) is 0.318. The predicted octanol–water partition coefficient (Wildman–Crippen LogP) is 5.76. The first kappa shape index (κ1) is 27.0. The number of nitrogens with one attached hydrogen (secondary N) is 2. The van der Waals surface area contributed by atoms with Gasteiger partial charge in [0.25, 0.3) is 5.56 Å². The molecular formula is C30H31N3O4S. The molecule has 1 atom stereocenters. The molecule has 2 amide bonds. The van der Waals surface area contributed by atoms with Crippen molar-refractivity contribution in [2.45, 2.75) is 48.6 Å². The third-order valence-corrected chi connectivity index (χ3v) is 6.82. The monoisotopic (exact) mass is 529 g/mol. The Labute approximate surface area is 226 Å². The number of aryl methyl sites for hydroxylation is 1. The summed E-state index contributed by atoms with van der Waals surface area (Å²) in [5.41, 5.74) is 1.62. The summed E-state index contributed by atoms with van der Waals surface area (Å²) in [6, 6.07) is 25.5. The maximum absolute atomic E-state index is 13.2. The van der Waals surface area contributed by atoms with Crippen molar-refractivity contribution in [2.75, 3.05) is 5.32 Å². The van der Waals surface area contributed by atoms with Crippen molar-refractivity contribution in [3.63, 3.8) is 0 Å². The second kappa shape index (κ2) is 11.6. The van der Waals surface area contributed by atoms with Gasteiger partial charge < -0.3 is 19.9 Å². The van der Waals surface area contributed by atoms with E-state index in [-0.39, 0.29) is 11.5 Å². The number of hydrogen-bond acceptors (Lipinski definition) is 5. The van der Waals surface area contributed by atoms with Gasteiger partial charge in [-0.25, -0.2) is 4.79 Å². The van der Waals surface area contributed by atoms with E-state index >= 15 is 0 Å². The van der Waals surface area contributed by atoms with Crippen LogP contribution < -0.4 is 16.2 Å². The Bertz CT molecular complexity index is 1490. The summed E-state index contributed by atoms with van der Waals surface area (Å²) >= 11 is 1.49. The van der Waals surface area contributed by atoms with E-state index in [4.69, 9.17) is 4.74 Å². The van der Waals surface area contributed by atoms with E-state index in [1.807, 2.05) is 66.7 Å². The number of ether oxygens (including phenoxy) is 1. The summed E-state index contributed by atoms with van der Waals surface area (Å²) in [7, 11) is 1.76. The van der Waals surface area contributed by atoms with Gasteiger partial charge in [-0.2, -0.15) is 0 Å². The molecule has 0 radical (unpaired) electrons. The molecule has 4 rings (SSSR count). The van der Waals surface area contributed by atoms with Gasteiger partial charge in [0.2, 0.25) is 5.91 Å². The predicted molar refractivity (Wildman–Crippen MR) is 152 cm³/mol. The number of amides is 2. The SMILES string of the molecule is Cn1c(=O)cc(Sc2ccc(NC(=O)C(Cc3ccccc3)NC(=O)OC(C)(C)C)cc2)c2ccccc21. The molecule has 3 aromatic carbocycles. The van der Waals surface area contributed by atoms with Crippen LogP contribution in [0, 0.1) is 0 Å². The van der Waals surface area contributed by atoms with Crippen LogP contribution in [0.15, 0.2) is 99.5 Å². The van der Waals surface area contributed by atoms with Gasteiger partial charge in [0.1, 0.15) is 11.6 Å². The second-order valence-electron chi connectivity index (χ2n) is 9.93. The van der Waals surface area contributed by atoms with E-state index in [1.165, 1.54) is 11.8 Å². The van der Waals surface area contributed by atoms with Crippen LogP contribution in [-0.2, 0) is 23.0 Å². The van der Waals surface area contributed by atoms with Crippen LogP contribution in [0.1, 0.15) is 26.3 Å². The Kier molecular flexibility index (Phi) is 8.22. The fourth-order valence-electron chi connectivity index (χ4n) is 3.94. The molecule has 1 aromatic heterocycles. The van der Waals surface area contributed by atoms with Crippen LogP contribution in [0.2, 0.25) is 0 Å². The molecule has 196 valence electrons. The molecule has 0 aliphatic heterocycles. The van der Waals surface area contributed by atoms with Crippen molar-refractivity contribution in [3.8, 4) is 0 Å². The Morgan fingerprint density at radius 3 is 2.29 bits per heavy atom. The number of benzene rings is 3. The molecule has 0 spiro atoms. The highest BCUT2D eigenvalue weighted by Gasteiger charge is 2.25. The molecule has 0 fully saturated rings. The van der Waals surface area contributed by atoms with E-state index in [1.54, 1.807) is 50.6 Å². The van der Waals surface area contributed by atoms with Crippen molar-refractivity contribution in [1.82, 2.24) is 9.88 Å². The van der Waals surface area contributed by atoms with Gasteiger partial charge in [0.15, 0.2) is 0 Å².